The van der Waals surface area contributed by atoms with Crippen molar-refractivity contribution in [2.45, 2.75) is 0 Å². The van der Waals surface area contributed by atoms with Crippen molar-refractivity contribution < 1.29 is 14.3 Å². The molecule has 1 aromatic carbocycles. The van der Waals surface area contributed by atoms with E-state index in [1.807, 2.05) is 24.3 Å². The molecule has 0 aliphatic carbocycles. The number of hydrogen-bond acceptors (Lipinski definition) is 4. The minimum Gasteiger partial charge on any atom is -0.452 e. The maximum Gasteiger partial charge on any atom is 0.418 e. The fourth-order valence-electron chi connectivity index (χ4n) is 2.92. The minimum atomic E-state index is -0.543. The molecule has 124 valence electrons. The van der Waals surface area contributed by atoms with E-state index in [-0.39, 0.29) is 5.78 Å². The van der Waals surface area contributed by atoms with Gasteiger partial charge in [0.2, 0.25) is 0 Å². The van der Waals surface area contributed by atoms with Crippen molar-refractivity contribution in [2.24, 2.45) is 0 Å². The number of ketones is 1. The highest BCUT2D eigenvalue weighted by Crippen LogP contribution is 2.27. The number of pyridine rings is 1. The summed E-state index contributed by atoms with van der Waals surface area (Å²) >= 11 is 3.38. The van der Waals surface area contributed by atoms with E-state index in [1.54, 1.807) is 18.5 Å². The molecule has 0 unspecified atom stereocenters. The molecule has 0 saturated carbocycles. The second-order valence-electron chi connectivity index (χ2n) is 5.48. The van der Waals surface area contributed by atoms with Crippen LogP contribution in [0.25, 0.3) is 21.9 Å². The number of benzene rings is 1. The summed E-state index contributed by atoms with van der Waals surface area (Å²) in [5.41, 5.74) is 2.18. The van der Waals surface area contributed by atoms with E-state index in [1.165, 1.54) is 17.9 Å². The fraction of sp³-hybridized carbons (Fsp3) is 0.0556. The third kappa shape index (κ3) is 2.44. The monoisotopic (exact) mass is 397 g/mol. The number of nitrogens with one attached hydrogen (secondary N) is 1. The molecule has 4 rings (SSSR count). The molecule has 0 fully saturated rings. The third-order valence-electron chi connectivity index (χ3n) is 4.07. The molecule has 4 aromatic rings. The zero-order valence-corrected chi connectivity index (χ0v) is 14.7. The molecule has 0 bridgehead atoms. The minimum absolute atomic E-state index is 0.190. The molecule has 25 heavy (non-hydrogen) atoms. The van der Waals surface area contributed by atoms with Gasteiger partial charge in [-0.05, 0) is 28.1 Å². The highest BCUT2D eigenvalue weighted by Gasteiger charge is 2.22. The van der Waals surface area contributed by atoms with Crippen molar-refractivity contribution in [3.63, 3.8) is 0 Å². The number of aromatic amines is 1. The van der Waals surface area contributed by atoms with Crippen LogP contribution in [0.5, 0.6) is 0 Å². The van der Waals surface area contributed by atoms with Gasteiger partial charge in [-0.2, -0.15) is 0 Å². The summed E-state index contributed by atoms with van der Waals surface area (Å²) in [6.07, 6.45) is 4.27. The molecule has 0 aliphatic heterocycles. The van der Waals surface area contributed by atoms with E-state index in [0.29, 0.717) is 33.1 Å². The first-order valence-electron chi connectivity index (χ1n) is 7.46. The highest BCUT2D eigenvalue weighted by molar-refractivity contribution is 9.10. The Kier molecular flexibility index (Phi) is 3.65. The zero-order valence-electron chi connectivity index (χ0n) is 13.1. The van der Waals surface area contributed by atoms with Crippen LogP contribution in [-0.2, 0) is 4.74 Å². The molecule has 0 aliphatic rings. The zero-order chi connectivity index (χ0) is 17.6. The molecule has 0 atom stereocenters. The average Bonchev–Trinajstić information content (AvgIpc) is 3.22. The van der Waals surface area contributed by atoms with Gasteiger partial charge >= 0.3 is 6.09 Å². The van der Waals surface area contributed by atoms with E-state index in [2.05, 4.69) is 25.9 Å². The van der Waals surface area contributed by atoms with Gasteiger partial charge in [0.1, 0.15) is 5.65 Å². The molecule has 0 saturated heterocycles. The molecule has 3 heterocycles. The summed E-state index contributed by atoms with van der Waals surface area (Å²) in [6, 6.07) is 9.06. The van der Waals surface area contributed by atoms with Crippen LogP contribution in [0, 0.1) is 0 Å². The standard InChI is InChI=1S/C18H12BrN3O3/c1-25-18(24)22-9-14(11-4-2-3-5-15(11)22)16(23)13-8-21-17-12(13)6-10(19)7-20-17/h2-9H,1H3,(H,20,21). The van der Waals surface area contributed by atoms with Crippen LogP contribution < -0.4 is 0 Å². The molecule has 3 aromatic heterocycles. The number of carbonyl (C=O) groups is 2. The number of fused-ring (bicyclic) bond motifs is 2. The van der Waals surface area contributed by atoms with Crippen LogP contribution in [0.4, 0.5) is 4.79 Å². The Hall–Kier alpha value is -2.93. The fourth-order valence-corrected chi connectivity index (χ4v) is 3.25. The van der Waals surface area contributed by atoms with Crippen molar-refractivity contribution in [1.82, 2.24) is 14.5 Å². The lowest BCUT2D eigenvalue weighted by Gasteiger charge is -2.00. The number of hydrogen-bond donors (Lipinski definition) is 1. The van der Waals surface area contributed by atoms with Crippen LogP contribution in [0.15, 0.2) is 53.4 Å². The number of nitrogens with zero attached hydrogens (tertiary/aromatic N) is 2. The highest BCUT2D eigenvalue weighted by atomic mass is 79.9. The van der Waals surface area contributed by atoms with Gasteiger partial charge in [-0.1, -0.05) is 18.2 Å². The normalized spacial score (nSPS) is 11.1. The Morgan fingerprint density at radius 3 is 2.80 bits per heavy atom. The van der Waals surface area contributed by atoms with Crippen LogP contribution >= 0.6 is 15.9 Å². The largest absolute Gasteiger partial charge is 0.452 e. The average molecular weight is 398 g/mol. The molecule has 0 spiro atoms. The molecule has 0 radical (unpaired) electrons. The van der Waals surface area contributed by atoms with E-state index in [9.17, 15) is 9.59 Å². The summed E-state index contributed by atoms with van der Waals surface area (Å²) in [5.74, 6) is -0.190. The van der Waals surface area contributed by atoms with E-state index < -0.39 is 6.09 Å². The number of ether oxygens (including phenoxy) is 1. The second kappa shape index (κ2) is 5.86. The Morgan fingerprint density at radius 2 is 2.00 bits per heavy atom. The van der Waals surface area contributed by atoms with E-state index >= 15 is 0 Å². The van der Waals surface area contributed by atoms with Crippen LogP contribution in [0.3, 0.4) is 0 Å². The predicted molar refractivity (Wildman–Crippen MR) is 97.0 cm³/mol. The Balaban J connectivity index is 1.93. The molecule has 0 amide bonds. The first-order chi connectivity index (χ1) is 12.1. The first kappa shape index (κ1) is 15.6. The Morgan fingerprint density at radius 1 is 1.20 bits per heavy atom. The van der Waals surface area contributed by atoms with E-state index in [0.717, 1.165) is 4.47 Å². The number of para-hydroxylation sites is 1. The molecular weight excluding hydrogens is 386 g/mol. The summed E-state index contributed by atoms with van der Waals surface area (Å²) in [6.45, 7) is 0. The van der Waals surface area contributed by atoms with Crippen LogP contribution in [0.1, 0.15) is 15.9 Å². The summed E-state index contributed by atoms with van der Waals surface area (Å²) in [5, 5.41) is 1.41. The van der Waals surface area contributed by atoms with Crippen molar-refractivity contribution >= 4 is 49.7 Å². The number of carbonyl (C=O) groups excluding carboxylic acids is 2. The maximum atomic E-state index is 13.1. The smallest absolute Gasteiger partial charge is 0.418 e. The Labute approximate surface area is 150 Å². The van der Waals surface area contributed by atoms with Crippen LogP contribution in [-0.4, -0.2) is 33.5 Å². The number of halogens is 1. The summed E-state index contributed by atoms with van der Waals surface area (Å²) < 4.78 is 6.93. The summed E-state index contributed by atoms with van der Waals surface area (Å²) in [4.78, 5) is 32.4. The van der Waals surface area contributed by atoms with Crippen molar-refractivity contribution in [1.29, 1.82) is 0 Å². The molecular formula is C18H12BrN3O3. The van der Waals surface area contributed by atoms with Crippen molar-refractivity contribution in [2.75, 3.05) is 7.11 Å². The second-order valence-corrected chi connectivity index (χ2v) is 6.40. The third-order valence-corrected chi connectivity index (χ3v) is 4.50. The van der Waals surface area contributed by atoms with Gasteiger partial charge in [-0.3, -0.25) is 9.36 Å². The quantitative estimate of drug-likeness (QED) is 0.516. The van der Waals surface area contributed by atoms with Gasteiger partial charge in [0, 0.05) is 45.0 Å². The van der Waals surface area contributed by atoms with Gasteiger partial charge in [-0.25, -0.2) is 9.78 Å². The van der Waals surface area contributed by atoms with E-state index in [4.69, 9.17) is 4.74 Å². The first-order valence-corrected chi connectivity index (χ1v) is 8.25. The van der Waals surface area contributed by atoms with Gasteiger partial charge in [0.05, 0.1) is 12.6 Å². The predicted octanol–water partition coefficient (Wildman–Crippen LogP) is 4.13. The number of aromatic nitrogens is 3. The molecule has 7 heteroatoms. The SMILES string of the molecule is COC(=O)n1cc(C(=O)c2c[nH]c3ncc(Br)cc23)c2ccccc21. The van der Waals surface area contributed by atoms with Crippen molar-refractivity contribution in [3.05, 3.63) is 64.5 Å². The topological polar surface area (TPSA) is 77.0 Å². The number of H-pyrrole nitrogens is 1. The lowest BCUT2D eigenvalue weighted by atomic mass is 10.0. The van der Waals surface area contributed by atoms with Gasteiger partial charge in [-0.15, -0.1) is 0 Å². The van der Waals surface area contributed by atoms with Crippen molar-refractivity contribution in [3.8, 4) is 0 Å². The molecule has 6 nitrogen and oxygen atoms in total. The van der Waals surface area contributed by atoms with Gasteiger partial charge in [0.15, 0.2) is 5.78 Å². The lowest BCUT2D eigenvalue weighted by Crippen LogP contribution is -2.09. The number of methoxy groups -OCH3 is 1. The maximum absolute atomic E-state index is 13.1. The Bertz CT molecular complexity index is 1140. The lowest BCUT2D eigenvalue weighted by molar-refractivity contribution is 0.104. The molecule has 1 N–H and O–H groups in total. The van der Waals surface area contributed by atoms with Gasteiger partial charge < -0.3 is 9.72 Å². The number of rotatable bonds is 2. The van der Waals surface area contributed by atoms with Gasteiger partial charge in [0.25, 0.3) is 0 Å². The van der Waals surface area contributed by atoms with Crippen LogP contribution in [0.2, 0.25) is 0 Å². The summed E-state index contributed by atoms with van der Waals surface area (Å²) in [7, 11) is 1.31.